The molecule has 1 saturated heterocycles. The Morgan fingerprint density at radius 1 is 1.17 bits per heavy atom. The molecule has 3 aliphatic rings. The number of carbonyl (C=O) groups is 1. The van der Waals surface area contributed by atoms with Crippen molar-refractivity contribution in [3.63, 3.8) is 0 Å². The first kappa shape index (κ1) is 15.2. The van der Waals surface area contributed by atoms with Gasteiger partial charge >= 0.3 is 0 Å². The fourth-order valence-corrected chi connectivity index (χ4v) is 4.92. The summed E-state index contributed by atoms with van der Waals surface area (Å²) >= 11 is 0. The van der Waals surface area contributed by atoms with Crippen LogP contribution in [0.5, 0.6) is 0 Å². The summed E-state index contributed by atoms with van der Waals surface area (Å²) in [4.78, 5) is 15.0. The minimum Gasteiger partial charge on any atom is -0.353 e. The average molecular weight is 312 g/mol. The van der Waals surface area contributed by atoms with Crippen molar-refractivity contribution in [2.24, 2.45) is 23.7 Å². The molecule has 3 nitrogen and oxygen atoms in total. The van der Waals surface area contributed by atoms with Gasteiger partial charge in [-0.1, -0.05) is 43.7 Å². The highest BCUT2D eigenvalue weighted by Gasteiger charge is 2.56. The van der Waals surface area contributed by atoms with Crippen molar-refractivity contribution in [2.75, 3.05) is 13.1 Å². The lowest BCUT2D eigenvalue weighted by atomic mass is 9.93. The van der Waals surface area contributed by atoms with Crippen LogP contribution in [-0.2, 0) is 11.3 Å². The van der Waals surface area contributed by atoms with E-state index in [9.17, 15) is 4.79 Å². The lowest BCUT2D eigenvalue weighted by molar-refractivity contribution is -0.124. The molecular formula is C20H28N2O. The summed E-state index contributed by atoms with van der Waals surface area (Å²) < 4.78 is 0. The normalized spacial score (nSPS) is 36.5. The number of fused-ring (bicyclic) bond motifs is 1. The molecule has 0 radical (unpaired) electrons. The van der Waals surface area contributed by atoms with E-state index in [0.29, 0.717) is 23.8 Å². The summed E-state index contributed by atoms with van der Waals surface area (Å²) in [6.45, 7) is 5.48. The molecule has 3 fully saturated rings. The van der Waals surface area contributed by atoms with Gasteiger partial charge < -0.3 is 5.32 Å². The Hall–Kier alpha value is -1.35. The summed E-state index contributed by atoms with van der Waals surface area (Å²) in [6.07, 6.45) is 5.00. The maximum absolute atomic E-state index is 12.5. The Kier molecular flexibility index (Phi) is 4.14. The highest BCUT2D eigenvalue weighted by Crippen LogP contribution is 2.57. The third-order valence-corrected chi connectivity index (χ3v) is 6.28. The van der Waals surface area contributed by atoms with E-state index < -0.39 is 0 Å². The Bertz CT molecular complexity index is 548. The monoisotopic (exact) mass is 312 g/mol. The fraction of sp³-hybridized carbons (Fsp3) is 0.650. The molecule has 0 bridgehead atoms. The van der Waals surface area contributed by atoms with Crippen LogP contribution in [0.25, 0.3) is 0 Å². The number of hydrogen-bond acceptors (Lipinski definition) is 2. The summed E-state index contributed by atoms with van der Waals surface area (Å²) in [6, 6.07) is 11.1. The predicted octanol–water partition coefficient (Wildman–Crippen LogP) is 3.06. The molecule has 23 heavy (non-hydrogen) atoms. The molecule has 1 aromatic carbocycles. The zero-order valence-electron chi connectivity index (χ0n) is 14.1. The second-order valence-electron chi connectivity index (χ2n) is 7.89. The Balaban J connectivity index is 1.27. The third kappa shape index (κ3) is 3.16. The van der Waals surface area contributed by atoms with E-state index in [2.05, 4.69) is 47.5 Å². The number of rotatable bonds is 4. The van der Waals surface area contributed by atoms with Crippen molar-refractivity contribution in [1.82, 2.24) is 10.2 Å². The molecule has 1 amide bonds. The second-order valence-corrected chi connectivity index (χ2v) is 7.89. The largest absolute Gasteiger partial charge is 0.353 e. The molecule has 0 aromatic heterocycles. The van der Waals surface area contributed by atoms with Gasteiger partial charge in [0, 0.05) is 31.6 Å². The predicted molar refractivity (Wildman–Crippen MR) is 91.8 cm³/mol. The lowest BCUT2D eigenvalue weighted by Crippen LogP contribution is -2.50. The molecule has 4 rings (SSSR count). The first-order valence-electron chi connectivity index (χ1n) is 9.29. The van der Waals surface area contributed by atoms with Crippen LogP contribution in [0.3, 0.4) is 0 Å². The fourth-order valence-electron chi connectivity index (χ4n) is 4.92. The zero-order valence-corrected chi connectivity index (χ0v) is 14.1. The molecule has 2 aliphatic carbocycles. The van der Waals surface area contributed by atoms with Crippen LogP contribution < -0.4 is 5.32 Å². The minimum absolute atomic E-state index is 0.355. The van der Waals surface area contributed by atoms with Crippen molar-refractivity contribution in [2.45, 2.75) is 45.2 Å². The van der Waals surface area contributed by atoms with E-state index in [1.165, 1.54) is 24.8 Å². The van der Waals surface area contributed by atoms with Crippen molar-refractivity contribution >= 4 is 5.91 Å². The van der Waals surface area contributed by atoms with Crippen molar-refractivity contribution in [3.8, 4) is 0 Å². The third-order valence-electron chi connectivity index (χ3n) is 6.28. The number of nitrogens with one attached hydrogen (secondary N) is 1. The first-order chi connectivity index (χ1) is 11.2. The summed E-state index contributed by atoms with van der Waals surface area (Å²) in [5.41, 5.74) is 1.38. The number of carbonyl (C=O) groups excluding carboxylic acids is 1. The van der Waals surface area contributed by atoms with Crippen LogP contribution in [0.1, 0.15) is 38.2 Å². The SMILES string of the molecule is CC1CN(Cc2ccccc2)CCC1NC(=O)C1C2CCCC21. The van der Waals surface area contributed by atoms with Gasteiger partial charge in [0.1, 0.15) is 0 Å². The smallest absolute Gasteiger partial charge is 0.223 e. The van der Waals surface area contributed by atoms with Gasteiger partial charge in [-0.3, -0.25) is 9.69 Å². The van der Waals surface area contributed by atoms with Gasteiger partial charge in [0.15, 0.2) is 0 Å². The molecule has 3 heteroatoms. The summed E-state index contributed by atoms with van der Waals surface area (Å²) in [7, 11) is 0. The molecule has 124 valence electrons. The van der Waals surface area contributed by atoms with Crippen LogP contribution in [0.4, 0.5) is 0 Å². The summed E-state index contributed by atoms with van der Waals surface area (Å²) in [5, 5.41) is 3.38. The summed E-state index contributed by atoms with van der Waals surface area (Å²) in [5.74, 6) is 2.70. The van der Waals surface area contributed by atoms with Crippen LogP contribution in [0, 0.1) is 23.7 Å². The first-order valence-corrected chi connectivity index (χ1v) is 9.29. The number of piperidine rings is 1. The van der Waals surface area contributed by atoms with Gasteiger partial charge in [-0.15, -0.1) is 0 Å². The van der Waals surface area contributed by atoms with Crippen molar-refractivity contribution in [3.05, 3.63) is 35.9 Å². The standard InChI is InChI=1S/C20H28N2O/c1-14-12-22(13-15-6-3-2-4-7-15)11-10-18(14)21-20(23)19-16-8-5-9-17(16)19/h2-4,6-7,14,16-19H,5,8-13H2,1H3,(H,21,23). The van der Waals surface area contributed by atoms with E-state index in [0.717, 1.165) is 37.9 Å². The van der Waals surface area contributed by atoms with Gasteiger partial charge in [0.25, 0.3) is 0 Å². The second kappa shape index (κ2) is 6.27. The molecule has 4 unspecified atom stereocenters. The quantitative estimate of drug-likeness (QED) is 0.927. The Labute approximate surface area is 139 Å². The maximum atomic E-state index is 12.5. The van der Waals surface area contributed by atoms with Gasteiger partial charge in [-0.05, 0) is 42.6 Å². The number of amides is 1. The van der Waals surface area contributed by atoms with Gasteiger partial charge in [-0.25, -0.2) is 0 Å². The topological polar surface area (TPSA) is 32.3 Å². The lowest BCUT2D eigenvalue weighted by Gasteiger charge is -2.37. The van der Waals surface area contributed by atoms with Crippen LogP contribution in [0.15, 0.2) is 30.3 Å². The molecule has 0 spiro atoms. The van der Waals surface area contributed by atoms with Crippen molar-refractivity contribution in [1.29, 1.82) is 0 Å². The zero-order chi connectivity index (χ0) is 15.8. The number of benzene rings is 1. The highest BCUT2D eigenvalue weighted by molar-refractivity contribution is 5.82. The average Bonchev–Trinajstić information content (AvgIpc) is 3.04. The number of nitrogens with zero attached hydrogens (tertiary/aromatic N) is 1. The number of likely N-dealkylation sites (tertiary alicyclic amines) is 1. The molecule has 1 aliphatic heterocycles. The Morgan fingerprint density at radius 3 is 2.61 bits per heavy atom. The molecule has 1 N–H and O–H groups in total. The van der Waals surface area contributed by atoms with Gasteiger partial charge in [0.05, 0.1) is 0 Å². The molecule has 4 atom stereocenters. The number of hydrogen-bond donors (Lipinski definition) is 1. The molecular weight excluding hydrogens is 284 g/mol. The van der Waals surface area contributed by atoms with Gasteiger partial charge in [0.2, 0.25) is 5.91 Å². The maximum Gasteiger partial charge on any atom is 0.223 e. The van der Waals surface area contributed by atoms with Crippen LogP contribution in [-0.4, -0.2) is 29.9 Å². The van der Waals surface area contributed by atoms with Crippen molar-refractivity contribution < 1.29 is 4.79 Å². The highest BCUT2D eigenvalue weighted by atomic mass is 16.2. The van der Waals surface area contributed by atoms with E-state index in [1.54, 1.807) is 0 Å². The Morgan fingerprint density at radius 2 is 1.91 bits per heavy atom. The van der Waals surface area contributed by atoms with E-state index in [-0.39, 0.29) is 0 Å². The van der Waals surface area contributed by atoms with E-state index in [4.69, 9.17) is 0 Å². The van der Waals surface area contributed by atoms with E-state index >= 15 is 0 Å². The molecule has 2 saturated carbocycles. The van der Waals surface area contributed by atoms with E-state index in [1.807, 2.05) is 0 Å². The molecule has 1 heterocycles. The van der Waals surface area contributed by atoms with Gasteiger partial charge in [-0.2, -0.15) is 0 Å². The minimum atomic E-state index is 0.355. The van der Waals surface area contributed by atoms with Crippen LogP contribution in [0.2, 0.25) is 0 Å². The molecule has 1 aromatic rings. The van der Waals surface area contributed by atoms with Crippen LogP contribution >= 0.6 is 0 Å².